The molecule has 1 aliphatic heterocycles. The summed E-state index contributed by atoms with van der Waals surface area (Å²) in [4.78, 5) is 27.9. The number of Topliss-reactive ketones (excluding diaryl/α,β-unsaturated/α-hetero) is 1. The predicted octanol–water partition coefficient (Wildman–Crippen LogP) is 3.64. The van der Waals surface area contributed by atoms with Crippen LogP contribution in [0.15, 0.2) is 18.2 Å². The van der Waals surface area contributed by atoms with E-state index in [0.29, 0.717) is 5.92 Å². The summed E-state index contributed by atoms with van der Waals surface area (Å²) in [6.45, 7) is 4.45. The Hall–Kier alpha value is -2.32. The van der Waals surface area contributed by atoms with Crippen molar-refractivity contribution in [2.24, 2.45) is 11.3 Å². The molecule has 1 saturated carbocycles. The Morgan fingerprint density at radius 1 is 1.27 bits per heavy atom. The molecule has 2 amide bonds. The molecule has 0 aromatic heterocycles. The molecule has 5 nitrogen and oxygen atoms in total. The van der Waals surface area contributed by atoms with Gasteiger partial charge in [-0.15, -0.1) is 0 Å². The van der Waals surface area contributed by atoms with Gasteiger partial charge in [0, 0.05) is 31.6 Å². The summed E-state index contributed by atoms with van der Waals surface area (Å²) in [5.74, 6) is 7.12. The molecule has 4 rings (SSSR count). The van der Waals surface area contributed by atoms with Gasteiger partial charge in [0.05, 0.1) is 12.6 Å². The van der Waals surface area contributed by atoms with Crippen LogP contribution in [0.2, 0.25) is 0 Å². The monoisotopic (exact) mass is 408 g/mol. The van der Waals surface area contributed by atoms with Gasteiger partial charge >= 0.3 is 6.03 Å². The maximum Gasteiger partial charge on any atom is 0.318 e. The smallest absolute Gasteiger partial charge is 0.318 e. The zero-order valence-electron chi connectivity index (χ0n) is 18.5. The zero-order valence-corrected chi connectivity index (χ0v) is 18.5. The number of rotatable bonds is 2. The quantitative estimate of drug-likeness (QED) is 0.760. The highest BCUT2D eigenvalue weighted by Crippen LogP contribution is 2.59. The van der Waals surface area contributed by atoms with Gasteiger partial charge in [0.25, 0.3) is 0 Å². The van der Waals surface area contributed by atoms with E-state index in [1.165, 1.54) is 10.5 Å². The van der Waals surface area contributed by atoms with E-state index in [1.807, 2.05) is 0 Å². The SMILES string of the molecule is COC1CCC2(CC1)Cc1ccc(C#CCC(C)C)cc1C21NC(=O)N(C)CC1=O. The second-order valence-electron chi connectivity index (χ2n) is 9.62. The summed E-state index contributed by atoms with van der Waals surface area (Å²) in [5.41, 5.74) is 1.79. The van der Waals surface area contributed by atoms with Crippen LogP contribution in [-0.2, 0) is 21.5 Å². The first-order valence-electron chi connectivity index (χ1n) is 11.0. The molecular weight excluding hydrogens is 376 g/mol. The van der Waals surface area contributed by atoms with Gasteiger partial charge < -0.3 is 15.0 Å². The molecule has 30 heavy (non-hydrogen) atoms. The Kier molecular flexibility index (Phi) is 5.40. The van der Waals surface area contributed by atoms with Crippen molar-refractivity contribution < 1.29 is 14.3 Å². The van der Waals surface area contributed by atoms with Crippen molar-refractivity contribution in [1.82, 2.24) is 10.2 Å². The topological polar surface area (TPSA) is 58.6 Å². The largest absolute Gasteiger partial charge is 0.381 e. The van der Waals surface area contributed by atoms with Crippen molar-refractivity contribution in [2.75, 3.05) is 20.7 Å². The van der Waals surface area contributed by atoms with Crippen molar-refractivity contribution in [3.8, 4) is 11.8 Å². The minimum absolute atomic E-state index is 0.0894. The number of methoxy groups -OCH3 is 1. The van der Waals surface area contributed by atoms with Gasteiger partial charge in [-0.1, -0.05) is 31.8 Å². The highest BCUT2D eigenvalue weighted by atomic mass is 16.5. The lowest BCUT2D eigenvalue weighted by atomic mass is 9.59. The molecule has 2 aliphatic carbocycles. The highest BCUT2D eigenvalue weighted by Gasteiger charge is 2.64. The summed E-state index contributed by atoms with van der Waals surface area (Å²) in [7, 11) is 3.44. The molecule has 0 bridgehead atoms. The second kappa shape index (κ2) is 7.74. The molecular formula is C25H32N2O3. The van der Waals surface area contributed by atoms with Crippen LogP contribution in [0.3, 0.4) is 0 Å². The van der Waals surface area contributed by atoms with Crippen LogP contribution in [0, 0.1) is 23.2 Å². The lowest BCUT2D eigenvalue weighted by Gasteiger charge is -2.51. The van der Waals surface area contributed by atoms with Crippen molar-refractivity contribution in [3.05, 3.63) is 34.9 Å². The predicted molar refractivity (Wildman–Crippen MR) is 116 cm³/mol. The third-order valence-corrected chi connectivity index (χ3v) is 7.24. The van der Waals surface area contributed by atoms with Crippen molar-refractivity contribution >= 4 is 11.8 Å². The Bertz CT molecular complexity index is 918. The van der Waals surface area contributed by atoms with Gasteiger partial charge in [0.1, 0.15) is 5.54 Å². The number of carbonyl (C=O) groups is 2. The minimum Gasteiger partial charge on any atom is -0.381 e. The number of likely N-dealkylation sites (N-methyl/N-ethyl adjacent to an activating group) is 1. The number of ketones is 1. The standard InChI is InChI=1S/C25H32N2O3/c1-17(2)6-5-7-18-8-9-19-15-24(12-10-20(30-4)11-13-24)25(21(19)14-18)22(28)16-27(3)23(29)26-25/h8-9,14,17,20H,6,10-13,15-16H2,1-4H3,(H,26,29). The fraction of sp³-hybridized carbons (Fsp3) is 0.600. The van der Waals surface area contributed by atoms with Crippen molar-refractivity contribution in [1.29, 1.82) is 0 Å². The van der Waals surface area contributed by atoms with Gasteiger partial charge in [-0.2, -0.15) is 0 Å². The van der Waals surface area contributed by atoms with Crippen LogP contribution in [0.5, 0.6) is 0 Å². The second-order valence-corrected chi connectivity index (χ2v) is 9.62. The molecule has 1 atom stereocenters. The number of nitrogens with one attached hydrogen (secondary N) is 1. The number of hydrogen-bond acceptors (Lipinski definition) is 3. The van der Waals surface area contributed by atoms with E-state index in [9.17, 15) is 9.59 Å². The molecule has 0 radical (unpaired) electrons. The lowest BCUT2D eigenvalue weighted by Crippen LogP contribution is -2.68. The molecule has 1 aromatic rings. The number of urea groups is 1. The third kappa shape index (κ3) is 3.22. The number of nitrogens with zero attached hydrogens (tertiary/aromatic N) is 1. The number of benzene rings is 1. The van der Waals surface area contributed by atoms with E-state index in [-0.39, 0.29) is 29.9 Å². The fourth-order valence-corrected chi connectivity index (χ4v) is 5.61. The summed E-state index contributed by atoms with van der Waals surface area (Å²) >= 11 is 0. The highest BCUT2D eigenvalue weighted by molar-refractivity contribution is 6.01. The summed E-state index contributed by atoms with van der Waals surface area (Å²) < 4.78 is 5.60. The average Bonchev–Trinajstić information content (AvgIpc) is 2.96. The molecule has 1 saturated heterocycles. The van der Waals surface area contributed by atoms with Gasteiger partial charge in [-0.3, -0.25) is 4.79 Å². The molecule has 2 fully saturated rings. The maximum absolute atomic E-state index is 13.7. The van der Waals surface area contributed by atoms with Crippen molar-refractivity contribution in [3.63, 3.8) is 0 Å². The lowest BCUT2D eigenvalue weighted by molar-refractivity contribution is -0.136. The Balaban J connectivity index is 1.79. The third-order valence-electron chi connectivity index (χ3n) is 7.24. The van der Waals surface area contributed by atoms with Crippen LogP contribution in [0.25, 0.3) is 0 Å². The molecule has 1 N–H and O–H groups in total. The number of hydrogen-bond donors (Lipinski definition) is 1. The Labute approximate surface area is 179 Å². The fourth-order valence-electron chi connectivity index (χ4n) is 5.61. The van der Waals surface area contributed by atoms with E-state index in [4.69, 9.17) is 4.74 Å². The zero-order chi connectivity index (χ0) is 21.5. The maximum atomic E-state index is 13.7. The summed E-state index contributed by atoms with van der Waals surface area (Å²) in [6.07, 6.45) is 5.43. The van der Waals surface area contributed by atoms with Crippen LogP contribution in [0.4, 0.5) is 4.79 Å². The van der Waals surface area contributed by atoms with Crippen molar-refractivity contribution in [2.45, 2.75) is 64.0 Å². The number of fused-ring (bicyclic) bond motifs is 3. The van der Waals surface area contributed by atoms with E-state index < -0.39 is 5.54 Å². The average molecular weight is 409 g/mol. The van der Waals surface area contributed by atoms with E-state index >= 15 is 0 Å². The van der Waals surface area contributed by atoms with Crippen LogP contribution >= 0.6 is 0 Å². The number of amides is 2. The normalized spacial score (nSPS) is 30.4. The first-order chi connectivity index (χ1) is 14.3. The Morgan fingerprint density at radius 2 is 2.00 bits per heavy atom. The summed E-state index contributed by atoms with van der Waals surface area (Å²) in [5, 5.41) is 3.19. The van der Waals surface area contributed by atoms with Gasteiger partial charge in [-0.05, 0) is 61.3 Å². The van der Waals surface area contributed by atoms with Gasteiger partial charge in [0.15, 0.2) is 5.78 Å². The number of ether oxygens (including phenoxy) is 1. The molecule has 1 heterocycles. The first-order valence-corrected chi connectivity index (χ1v) is 11.0. The molecule has 5 heteroatoms. The molecule has 1 aromatic carbocycles. The first kappa shape index (κ1) is 20.9. The molecule has 1 unspecified atom stereocenters. The van der Waals surface area contributed by atoms with E-state index in [1.54, 1.807) is 14.2 Å². The van der Waals surface area contributed by atoms with Crippen LogP contribution in [0.1, 0.15) is 62.6 Å². The summed E-state index contributed by atoms with van der Waals surface area (Å²) in [6, 6.07) is 6.06. The van der Waals surface area contributed by atoms with E-state index in [2.05, 4.69) is 49.2 Å². The molecule has 160 valence electrons. The van der Waals surface area contributed by atoms with Crippen LogP contribution in [-0.4, -0.2) is 43.5 Å². The van der Waals surface area contributed by atoms with Crippen LogP contribution < -0.4 is 5.32 Å². The van der Waals surface area contributed by atoms with Gasteiger partial charge in [-0.25, -0.2) is 4.79 Å². The Morgan fingerprint density at radius 3 is 2.67 bits per heavy atom. The van der Waals surface area contributed by atoms with E-state index in [0.717, 1.165) is 49.7 Å². The number of carbonyl (C=O) groups excluding carboxylic acids is 2. The molecule has 3 aliphatic rings. The molecule has 2 spiro atoms. The minimum atomic E-state index is -0.958. The van der Waals surface area contributed by atoms with Gasteiger partial charge in [0.2, 0.25) is 0 Å².